The lowest BCUT2D eigenvalue weighted by molar-refractivity contribution is 0.415. The van der Waals surface area contributed by atoms with Gasteiger partial charge in [0.1, 0.15) is 5.75 Å². The van der Waals surface area contributed by atoms with Gasteiger partial charge in [-0.25, -0.2) is 0 Å². The van der Waals surface area contributed by atoms with Gasteiger partial charge in [0.25, 0.3) is 0 Å². The Morgan fingerprint density at radius 3 is 2.29 bits per heavy atom. The normalized spacial score (nSPS) is 10.0. The molecule has 3 heteroatoms. The second-order valence-electron chi connectivity index (χ2n) is 3.85. The number of anilines is 3. The Kier molecular flexibility index (Phi) is 3.19. The molecule has 0 aliphatic heterocycles. The Morgan fingerprint density at radius 1 is 1.00 bits per heavy atom. The lowest BCUT2D eigenvalue weighted by Gasteiger charge is -2.20. The van der Waals surface area contributed by atoms with Gasteiger partial charge >= 0.3 is 0 Å². The first-order chi connectivity index (χ1) is 8.20. The second kappa shape index (κ2) is 4.78. The Bertz CT molecular complexity index is 494. The molecule has 0 heterocycles. The van der Waals surface area contributed by atoms with Gasteiger partial charge in [0.15, 0.2) is 0 Å². The largest absolute Gasteiger partial charge is 0.497 e. The summed E-state index contributed by atoms with van der Waals surface area (Å²) < 4.78 is 5.14. The molecule has 0 saturated carbocycles. The van der Waals surface area contributed by atoms with E-state index in [2.05, 4.69) is 4.90 Å². The molecule has 0 unspecified atom stereocenters. The topological polar surface area (TPSA) is 38.5 Å². The zero-order valence-electron chi connectivity index (χ0n) is 10.1. The standard InChI is InChI=1S/C14H16N2O/c1-16(13-5-3-4-11(15)10-13)12-6-8-14(17-2)9-7-12/h3-10H,15H2,1-2H3. The van der Waals surface area contributed by atoms with Crippen LogP contribution in [-0.4, -0.2) is 14.2 Å². The Labute approximate surface area is 101 Å². The van der Waals surface area contributed by atoms with E-state index >= 15 is 0 Å². The monoisotopic (exact) mass is 228 g/mol. The van der Waals surface area contributed by atoms with Crippen LogP contribution in [0.5, 0.6) is 5.75 Å². The van der Waals surface area contributed by atoms with Gasteiger partial charge in [-0.1, -0.05) is 6.07 Å². The predicted octanol–water partition coefficient (Wildman–Crippen LogP) is 3.05. The number of ether oxygens (including phenoxy) is 1. The molecular formula is C14H16N2O. The molecule has 0 amide bonds. The summed E-state index contributed by atoms with van der Waals surface area (Å²) in [5.74, 6) is 0.856. The molecule has 88 valence electrons. The van der Waals surface area contributed by atoms with Gasteiger partial charge in [0.05, 0.1) is 7.11 Å². The number of hydrogen-bond acceptors (Lipinski definition) is 3. The third-order valence-electron chi connectivity index (χ3n) is 2.72. The Hall–Kier alpha value is -2.16. The van der Waals surface area contributed by atoms with Crippen LogP contribution in [-0.2, 0) is 0 Å². The summed E-state index contributed by atoms with van der Waals surface area (Å²) in [6, 6.07) is 15.7. The maximum absolute atomic E-state index is 5.77. The van der Waals surface area contributed by atoms with Crippen LogP contribution in [0.4, 0.5) is 17.1 Å². The smallest absolute Gasteiger partial charge is 0.119 e. The lowest BCUT2D eigenvalue weighted by Crippen LogP contribution is -2.09. The van der Waals surface area contributed by atoms with Crippen LogP contribution in [0.25, 0.3) is 0 Å². The SMILES string of the molecule is COc1ccc(N(C)c2cccc(N)c2)cc1. The second-order valence-corrected chi connectivity index (χ2v) is 3.85. The summed E-state index contributed by atoms with van der Waals surface area (Å²) in [5, 5.41) is 0. The summed E-state index contributed by atoms with van der Waals surface area (Å²) >= 11 is 0. The van der Waals surface area contributed by atoms with Crippen LogP contribution < -0.4 is 15.4 Å². The van der Waals surface area contributed by atoms with Crippen LogP contribution in [0, 0.1) is 0 Å². The number of hydrogen-bond donors (Lipinski definition) is 1. The molecule has 0 fully saturated rings. The van der Waals surface area contributed by atoms with Crippen molar-refractivity contribution in [3.8, 4) is 5.75 Å². The molecule has 0 bridgehead atoms. The first kappa shape index (κ1) is 11.3. The Morgan fingerprint density at radius 2 is 1.71 bits per heavy atom. The van der Waals surface area contributed by atoms with Crippen molar-refractivity contribution in [1.82, 2.24) is 0 Å². The van der Waals surface area contributed by atoms with Crippen LogP contribution in [0.3, 0.4) is 0 Å². The van der Waals surface area contributed by atoms with Gasteiger partial charge in [0.2, 0.25) is 0 Å². The number of nitrogens with two attached hydrogens (primary N) is 1. The van der Waals surface area contributed by atoms with Crippen molar-refractivity contribution in [1.29, 1.82) is 0 Å². The molecule has 3 nitrogen and oxygen atoms in total. The highest BCUT2D eigenvalue weighted by atomic mass is 16.5. The van der Waals surface area contributed by atoms with E-state index in [4.69, 9.17) is 10.5 Å². The fourth-order valence-corrected chi connectivity index (χ4v) is 1.69. The van der Waals surface area contributed by atoms with Crippen LogP contribution in [0.2, 0.25) is 0 Å². The van der Waals surface area contributed by atoms with E-state index in [9.17, 15) is 0 Å². The molecular weight excluding hydrogens is 212 g/mol. The van der Waals surface area contributed by atoms with E-state index < -0.39 is 0 Å². The molecule has 2 aromatic carbocycles. The molecule has 0 atom stereocenters. The maximum Gasteiger partial charge on any atom is 0.119 e. The van der Waals surface area contributed by atoms with Crippen molar-refractivity contribution in [2.45, 2.75) is 0 Å². The van der Waals surface area contributed by atoms with Gasteiger partial charge in [0, 0.05) is 24.1 Å². The quantitative estimate of drug-likeness (QED) is 0.820. The van der Waals surface area contributed by atoms with E-state index in [1.54, 1.807) is 7.11 Å². The van der Waals surface area contributed by atoms with Crippen molar-refractivity contribution in [2.24, 2.45) is 0 Å². The molecule has 2 N–H and O–H groups in total. The van der Waals surface area contributed by atoms with Gasteiger partial charge in [-0.2, -0.15) is 0 Å². The third kappa shape index (κ3) is 2.50. The summed E-state index contributed by atoms with van der Waals surface area (Å²) in [4.78, 5) is 2.08. The molecule has 2 rings (SSSR count). The molecule has 0 aliphatic rings. The van der Waals surface area contributed by atoms with E-state index in [0.717, 1.165) is 22.8 Å². The summed E-state index contributed by atoms with van der Waals surface area (Å²) in [6.45, 7) is 0. The van der Waals surface area contributed by atoms with E-state index in [-0.39, 0.29) is 0 Å². The van der Waals surface area contributed by atoms with Crippen molar-refractivity contribution in [3.05, 3.63) is 48.5 Å². The molecule has 0 saturated heterocycles. The lowest BCUT2D eigenvalue weighted by atomic mass is 10.2. The van der Waals surface area contributed by atoms with Gasteiger partial charge in [-0.3, -0.25) is 0 Å². The number of nitrogens with zero attached hydrogens (tertiary/aromatic N) is 1. The minimum atomic E-state index is 0.767. The van der Waals surface area contributed by atoms with Gasteiger partial charge < -0.3 is 15.4 Å². The average molecular weight is 228 g/mol. The van der Waals surface area contributed by atoms with Crippen LogP contribution >= 0.6 is 0 Å². The summed E-state index contributed by atoms with van der Waals surface area (Å²) in [5.41, 5.74) is 8.70. The predicted molar refractivity (Wildman–Crippen MR) is 71.9 cm³/mol. The number of nitrogen functional groups attached to an aromatic ring is 1. The van der Waals surface area contributed by atoms with Crippen molar-refractivity contribution in [2.75, 3.05) is 24.8 Å². The molecule has 0 radical (unpaired) electrons. The average Bonchev–Trinajstić information content (AvgIpc) is 2.38. The van der Waals surface area contributed by atoms with E-state index in [1.807, 2.05) is 55.6 Å². The molecule has 2 aromatic rings. The zero-order chi connectivity index (χ0) is 12.3. The fraction of sp³-hybridized carbons (Fsp3) is 0.143. The first-order valence-electron chi connectivity index (χ1n) is 5.44. The van der Waals surface area contributed by atoms with Crippen molar-refractivity contribution >= 4 is 17.1 Å². The van der Waals surface area contributed by atoms with Crippen molar-refractivity contribution in [3.63, 3.8) is 0 Å². The van der Waals surface area contributed by atoms with Crippen LogP contribution in [0.1, 0.15) is 0 Å². The fourth-order valence-electron chi connectivity index (χ4n) is 1.69. The van der Waals surface area contributed by atoms with Crippen molar-refractivity contribution < 1.29 is 4.74 Å². The first-order valence-corrected chi connectivity index (χ1v) is 5.44. The number of benzene rings is 2. The molecule has 0 spiro atoms. The van der Waals surface area contributed by atoms with E-state index in [0.29, 0.717) is 0 Å². The molecule has 0 aliphatic carbocycles. The number of methoxy groups -OCH3 is 1. The highest BCUT2D eigenvalue weighted by Gasteiger charge is 2.03. The minimum Gasteiger partial charge on any atom is -0.497 e. The van der Waals surface area contributed by atoms with E-state index in [1.165, 1.54) is 0 Å². The summed E-state index contributed by atoms with van der Waals surface area (Å²) in [7, 11) is 3.67. The van der Waals surface area contributed by atoms with Crippen LogP contribution in [0.15, 0.2) is 48.5 Å². The highest BCUT2D eigenvalue weighted by Crippen LogP contribution is 2.26. The minimum absolute atomic E-state index is 0.767. The zero-order valence-corrected chi connectivity index (χ0v) is 10.1. The Balaban J connectivity index is 2.27. The summed E-state index contributed by atoms with van der Waals surface area (Å²) in [6.07, 6.45) is 0. The van der Waals surface area contributed by atoms with Gasteiger partial charge in [-0.15, -0.1) is 0 Å². The number of rotatable bonds is 3. The van der Waals surface area contributed by atoms with Gasteiger partial charge in [-0.05, 0) is 42.5 Å². The highest BCUT2D eigenvalue weighted by molar-refractivity contribution is 5.66. The molecule has 17 heavy (non-hydrogen) atoms. The molecule has 0 aromatic heterocycles. The maximum atomic E-state index is 5.77. The third-order valence-corrected chi connectivity index (χ3v) is 2.72.